The molecule has 1 N–H and O–H groups in total. The van der Waals surface area contributed by atoms with Gasteiger partial charge < -0.3 is 5.11 Å². The third-order valence-corrected chi connectivity index (χ3v) is 4.46. The third-order valence-electron chi connectivity index (χ3n) is 4.46. The molecule has 0 aromatic carbocycles. The van der Waals surface area contributed by atoms with E-state index >= 15 is 0 Å². The molecule has 0 bridgehead atoms. The lowest BCUT2D eigenvalue weighted by molar-refractivity contribution is 0.00482. The molecule has 0 saturated heterocycles. The SMILES string of the molecule is CCC(CO)C1(C(C)C)CCCCC1. The number of aliphatic hydroxyl groups excluding tert-OH is 1. The van der Waals surface area contributed by atoms with Crippen LogP contribution in [0.4, 0.5) is 0 Å². The van der Waals surface area contributed by atoms with Crippen molar-refractivity contribution in [2.75, 3.05) is 6.61 Å². The lowest BCUT2D eigenvalue weighted by Crippen LogP contribution is -2.39. The summed E-state index contributed by atoms with van der Waals surface area (Å²) < 4.78 is 0. The number of rotatable bonds is 4. The van der Waals surface area contributed by atoms with E-state index in [0.717, 1.165) is 12.3 Å². The molecule has 0 heterocycles. The molecule has 1 atom stereocenters. The maximum absolute atomic E-state index is 9.49. The molecular formula is C13H26O. The van der Waals surface area contributed by atoms with Crippen LogP contribution in [0.5, 0.6) is 0 Å². The second-order valence-electron chi connectivity index (χ2n) is 5.24. The normalized spacial score (nSPS) is 23.8. The van der Waals surface area contributed by atoms with E-state index < -0.39 is 0 Å². The first-order valence-electron chi connectivity index (χ1n) is 6.28. The third kappa shape index (κ3) is 2.13. The largest absolute Gasteiger partial charge is 0.396 e. The van der Waals surface area contributed by atoms with Gasteiger partial charge in [-0.25, -0.2) is 0 Å². The highest BCUT2D eigenvalue weighted by molar-refractivity contribution is 4.90. The molecule has 84 valence electrons. The summed E-state index contributed by atoms with van der Waals surface area (Å²) in [6.45, 7) is 7.28. The maximum atomic E-state index is 9.49. The monoisotopic (exact) mass is 198 g/mol. The summed E-state index contributed by atoms with van der Waals surface area (Å²) >= 11 is 0. The van der Waals surface area contributed by atoms with Crippen LogP contribution in [0.3, 0.4) is 0 Å². The molecule has 1 heteroatoms. The van der Waals surface area contributed by atoms with Gasteiger partial charge in [-0.05, 0) is 30.1 Å². The highest BCUT2D eigenvalue weighted by Gasteiger charge is 2.40. The van der Waals surface area contributed by atoms with E-state index in [2.05, 4.69) is 20.8 Å². The molecule has 0 aromatic rings. The van der Waals surface area contributed by atoms with Crippen molar-refractivity contribution in [1.29, 1.82) is 0 Å². The molecule has 0 spiro atoms. The minimum Gasteiger partial charge on any atom is -0.396 e. The van der Waals surface area contributed by atoms with Crippen LogP contribution in [0, 0.1) is 17.3 Å². The standard InChI is InChI=1S/C13H26O/c1-4-12(10-14)13(11(2)3)8-6-5-7-9-13/h11-12,14H,4-10H2,1-3H3. The Kier molecular flexibility index (Phi) is 4.43. The Labute approximate surface area is 88.9 Å². The van der Waals surface area contributed by atoms with E-state index in [1.54, 1.807) is 0 Å². The van der Waals surface area contributed by atoms with Gasteiger partial charge in [-0.2, -0.15) is 0 Å². The van der Waals surface area contributed by atoms with Crippen molar-refractivity contribution in [2.24, 2.45) is 17.3 Å². The van der Waals surface area contributed by atoms with Gasteiger partial charge in [-0.3, -0.25) is 0 Å². The van der Waals surface area contributed by atoms with E-state index in [1.807, 2.05) is 0 Å². The Hall–Kier alpha value is -0.0400. The van der Waals surface area contributed by atoms with Crippen molar-refractivity contribution in [3.63, 3.8) is 0 Å². The van der Waals surface area contributed by atoms with Crippen LogP contribution >= 0.6 is 0 Å². The van der Waals surface area contributed by atoms with Crippen molar-refractivity contribution in [2.45, 2.75) is 59.3 Å². The predicted molar refractivity (Wildman–Crippen MR) is 61.2 cm³/mol. The first kappa shape index (κ1) is 12.0. The molecule has 1 unspecified atom stereocenters. The van der Waals surface area contributed by atoms with E-state index in [9.17, 15) is 5.11 Å². The Bertz CT molecular complexity index is 153. The summed E-state index contributed by atoms with van der Waals surface area (Å²) in [7, 11) is 0. The first-order chi connectivity index (χ1) is 6.67. The van der Waals surface area contributed by atoms with Crippen LogP contribution in [-0.4, -0.2) is 11.7 Å². The second kappa shape index (κ2) is 5.16. The number of hydrogen-bond donors (Lipinski definition) is 1. The van der Waals surface area contributed by atoms with E-state index in [-0.39, 0.29) is 0 Å². The average Bonchev–Trinajstić information content (AvgIpc) is 2.21. The Balaban J connectivity index is 2.78. The van der Waals surface area contributed by atoms with Crippen molar-refractivity contribution >= 4 is 0 Å². The quantitative estimate of drug-likeness (QED) is 0.731. The zero-order valence-corrected chi connectivity index (χ0v) is 10.1. The van der Waals surface area contributed by atoms with Crippen LogP contribution in [-0.2, 0) is 0 Å². The smallest absolute Gasteiger partial charge is 0.0464 e. The van der Waals surface area contributed by atoms with Crippen molar-refractivity contribution in [3.8, 4) is 0 Å². The molecule has 0 aromatic heterocycles. The molecule has 1 aliphatic rings. The summed E-state index contributed by atoms with van der Waals surface area (Å²) in [6, 6.07) is 0. The first-order valence-corrected chi connectivity index (χ1v) is 6.28. The van der Waals surface area contributed by atoms with Crippen molar-refractivity contribution < 1.29 is 5.11 Å². The van der Waals surface area contributed by atoms with Gasteiger partial charge in [-0.1, -0.05) is 46.5 Å². The topological polar surface area (TPSA) is 20.2 Å². The fourth-order valence-electron chi connectivity index (χ4n) is 3.38. The lowest BCUT2D eigenvalue weighted by Gasteiger charge is -2.46. The van der Waals surface area contributed by atoms with Crippen molar-refractivity contribution in [3.05, 3.63) is 0 Å². The Morgan fingerprint density at radius 2 is 1.71 bits per heavy atom. The molecule has 14 heavy (non-hydrogen) atoms. The summed E-state index contributed by atoms with van der Waals surface area (Å²) in [5.74, 6) is 1.25. The van der Waals surface area contributed by atoms with Gasteiger partial charge in [0.1, 0.15) is 0 Å². The molecule has 1 aliphatic carbocycles. The summed E-state index contributed by atoms with van der Waals surface area (Å²) in [5.41, 5.74) is 0.446. The van der Waals surface area contributed by atoms with Gasteiger partial charge in [0.2, 0.25) is 0 Å². The predicted octanol–water partition coefficient (Wildman–Crippen LogP) is 3.61. The minimum absolute atomic E-state index is 0.384. The highest BCUT2D eigenvalue weighted by atomic mass is 16.3. The van der Waals surface area contributed by atoms with Crippen LogP contribution in [0.15, 0.2) is 0 Å². The van der Waals surface area contributed by atoms with Crippen LogP contribution in [0.25, 0.3) is 0 Å². The average molecular weight is 198 g/mol. The Morgan fingerprint density at radius 1 is 1.14 bits per heavy atom. The molecular weight excluding hydrogens is 172 g/mol. The fourth-order valence-corrected chi connectivity index (χ4v) is 3.38. The molecule has 1 saturated carbocycles. The van der Waals surface area contributed by atoms with Gasteiger partial charge in [0.05, 0.1) is 0 Å². The molecule has 0 amide bonds. The van der Waals surface area contributed by atoms with E-state index in [1.165, 1.54) is 32.1 Å². The number of aliphatic hydroxyl groups is 1. The van der Waals surface area contributed by atoms with E-state index in [4.69, 9.17) is 0 Å². The van der Waals surface area contributed by atoms with Gasteiger partial charge in [-0.15, -0.1) is 0 Å². The molecule has 1 rings (SSSR count). The van der Waals surface area contributed by atoms with Crippen molar-refractivity contribution in [1.82, 2.24) is 0 Å². The van der Waals surface area contributed by atoms with E-state index in [0.29, 0.717) is 17.9 Å². The van der Waals surface area contributed by atoms with Gasteiger partial charge in [0.25, 0.3) is 0 Å². The minimum atomic E-state index is 0.384. The molecule has 1 fully saturated rings. The van der Waals surface area contributed by atoms with Gasteiger partial charge in [0.15, 0.2) is 0 Å². The molecule has 0 aliphatic heterocycles. The Morgan fingerprint density at radius 3 is 2.07 bits per heavy atom. The van der Waals surface area contributed by atoms with Gasteiger partial charge >= 0.3 is 0 Å². The highest BCUT2D eigenvalue weighted by Crippen LogP contribution is 2.49. The summed E-state index contributed by atoms with van der Waals surface area (Å²) in [6.07, 6.45) is 7.95. The fraction of sp³-hybridized carbons (Fsp3) is 1.00. The number of hydrogen-bond acceptors (Lipinski definition) is 1. The second-order valence-corrected chi connectivity index (χ2v) is 5.24. The maximum Gasteiger partial charge on any atom is 0.0464 e. The zero-order valence-electron chi connectivity index (χ0n) is 10.1. The van der Waals surface area contributed by atoms with Crippen LogP contribution in [0.1, 0.15) is 59.3 Å². The molecule has 0 radical (unpaired) electrons. The summed E-state index contributed by atoms with van der Waals surface area (Å²) in [4.78, 5) is 0. The van der Waals surface area contributed by atoms with Gasteiger partial charge in [0, 0.05) is 6.61 Å². The van der Waals surface area contributed by atoms with Crippen LogP contribution < -0.4 is 0 Å². The zero-order chi connectivity index (χ0) is 10.6. The van der Waals surface area contributed by atoms with Crippen LogP contribution in [0.2, 0.25) is 0 Å². The molecule has 1 nitrogen and oxygen atoms in total. The lowest BCUT2D eigenvalue weighted by atomic mass is 9.59. The summed E-state index contributed by atoms with van der Waals surface area (Å²) in [5, 5.41) is 9.49.